The van der Waals surface area contributed by atoms with Crippen LogP contribution in [0.2, 0.25) is 0 Å². The number of primary amides is 1. The number of rotatable bonds is 3. The molecule has 0 aliphatic heterocycles. The largest absolute Gasteiger partial charge is 0.455 e. The van der Waals surface area contributed by atoms with Crippen molar-refractivity contribution in [2.24, 2.45) is 5.73 Å². The van der Waals surface area contributed by atoms with Crippen molar-refractivity contribution in [2.75, 3.05) is 0 Å². The van der Waals surface area contributed by atoms with Gasteiger partial charge < -0.3 is 10.2 Å². The highest BCUT2D eigenvalue weighted by Crippen LogP contribution is 2.30. The summed E-state index contributed by atoms with van der Waals surface area (Å²) >= 11 is 0. The third-order valence-corrected chi connectivity index (χ3v) is 1.71. The highest BCUT2D eigenvalue weighted by atomic mass is 19.4. The minimum atomic E-state index is -4.57. The van der Waals surface area contributed by atoms with Crippen molar-refractivity contribution in [1.82, 2.24) is 4.90 Å². The van der Waals surface area contributed by atoms with Crippen molar-refractivity contribution in [3.05, 3.63) is 23.7 Å². The maximum absolute atomic E-state index is 12.1. The molecule has 0 fully saturated rings. The smallest absolute Gasteiger partial charge is 0.449 e. The maximum atomic E-state index is 12.1. The van der Waals surface area contributed by atoms with Gasteiger partial charge in [-0.15, -0.1) is 0 Å². The minimum absolute atomic E-state index is 0.102. The van der Waals surface area contributed by atoms with E-state index < -0.39 is 18.0 Å². The van der Waals surface area contributed by atoms with E-state index in [1.165, 1.54) is 0 Å². The van der Waals surface area contributed by atoms with Crippen LogP contribution < -0.4 is 5.73 Å². The first-order chi connectivity index (χ1) is 7.34. The van der Waals surface area contributed by atoms with Crippen LogP contribution in [-0.4, -0.2) is 17.3 Å². The van der Waals surface area contributed by atoms with E-state index >= 15 is 0 Å². The molecule has 88 valence electrons. The predicted molar refractivity (Wildman–Crippen MR) is 47.6 cm³/mol. The number of nitrogens with two attached hydrogens (primary N) is 1. The summed E-state index contributed by atoms with van der Waals surface area (Å²) in [4.78, 5) is 11.4. The number of carbonyl (C=O) groups is 1. The highest BCUT2D eigenvalue weighted by molar-refractivity contribution is 5.83. The van der Waals surface area contributed by atoms with Crippen LogP contribution in [0, 0.1) is 5.41 Å². The van der Waals surface area contributed by atoms with E-state index in [1.807, 2.05) is 0 Å². The number of hydrogen-bond acceptors (Lipinski definition) is 3. The molecule has 0 saturated heterocycles. The standard InChI is InChI=1S/C8H8F3N3O2/c9-8(10,11)6-2-1-5(16-6)3-14(4-12)7(13)15/h1-2,4,12H,3H2,(H2,13,15). The number of nitrogens with zero attached hydrogens (tertiary/aromatic N) is 1. The zero-order valence-electron chi connectivity index (χ0n) is 7.91. The topological polar surface area (TPSA) is 83.3 Å². The van der Waals surface area contributed by atoms with Gasteiger partial charge >= 0.3 is 12.2 Å². The second-order valence-electron chi connectivity index (χ2n) is 2.86. The molecule has 0 bridgehead atoms. The molecule has 1 aromatic heterocycles. The van der Waals surface area contributed by atoms with Crippen molar-refractivity contribution >= 4 is 12.4 Å². The normalized spacial score (nSPS) is 11.2. The van der Waals surface area contributed by atoms with Crippen molar-refractivity contribution < 1.29 is 22.4 Å². The lowest BCUT2D eigenvalue weighted by atomic mass is 10.4. The summed E-state index contributed by atoms with van der Waals surface area (Å²) in [5, 5.41) is 6.81. The number of carbonyl (C=O) groups excluding carboxylic acids is 1. The van der Waals surface area contributed by atoms with Crippen molar-refractivity contribution in [3.8, 4) is 0 Å². The predicted octanol–water partition coefficient (Wildman–Crippen LogP) is 1.79. The van der Waals surface area contributed by atoms with Crippen LogP contribution in [0.1, 0.15) is 11.5 Å². The monoisotopic (exact) mass is 235 g/mol. The average molecular weight is 235 g/mol. The molecular formula is C8H8F3N3O2. The molecule has 5 nitrogen and oxygen atoms in total. The zero-order valence-corrected chi connectivity index (χ0v) is 7.91. The molecule has 0 spiro atoms. The van der Waals surface area contributed by atoms with Crippen LogP contribution in [0.3, 0.4) is 0 Å². The Hall–Kier alpha value is -1.99. The van der Waals surface area contributed by atoms with Crippen LogP contribution in [0.25, 0.3) is 0 Å². The molecule has 0 aliphatic carbocycles. The van der Waals surface area contributed by atoms with E-state index in [0.29, 0.717) is 11.2 Å². The third kappa shape index (κ3) is 2.75. The Kier molecular flexibility index (Phi) is 3.21. The van der Waals surface area contributed by atoms with Crippen LogP contribution in [0.5, 0.6) is 0 Å². The molecule has 0 radical (unpaired) electrons. The first kappa shape index (κ1) is 12.1. The van der Waals surface area contributed by atoms with Gasteiger partial charge in [0.2, 0.25) is 5.76 Å². The van der Waals surface area contributed by atoms with Gasteiger partial charge in [0.15, 0.2) is 0 Å². The first-order valence-corrected chi connectivity index (χ1v) is 4.07. The van der Waals surface area contributed by atoms with E-state index in [9.17, 15) is 18.0 Å². The summed E-state index contributed by atoms with van der Waals surface area (Å²) in [6.45, 7) is -0.311. The van der Waals surface area contributed by atoms with Gasteiger partial charge in [0, 0.05) is 0 Å². The average Bonchev–Trinajstić information content (AvgIpc) is 2.61. The Labute approximate surface area is 88.1 Å². The van der Waals surface area contributed by atoms with Crippen molar-refractivity contribution in [3.63, 3.8) is 0 Å². The molecule has 0 aliphatic rings. The lowest BCUT2D eigenvalue weighted by Crippen LogP contribution is -2.33. The summed E-state index contributed by atoms with van der Waals surface area (Å²) in [5.74, 6) is -1.26. The first-order valence-electron chi connectivity index (χ1n) is 4.07. The molecule has 2 amide bonds. The summed E-state index contributed by atoms with van der Waals surface area (Å²) in [6.07, 6.45) is -3.96. The van der Waals surface area contributed by atoms with Gasteiger partial charge in [-0.2, -0.15) is 13.2 Å². The van der Waals surface area contributed by atoms with Crippen LogP contribution in [0.4, 0.5) is 18.0 Å². The van der Waals surface area contributed by atoms with Crippen molar-refractivity contribution in [2.45, 2.75) is 12.7 Å². The molecule has 0 saturated carbocycles. The lowest BCUT2D eigenvalue weighted by Gasteiger charge is -2.11. The number of hydrogen-bond donors (Lipinski definition) is 2. The number of nitrogens with one attached hydrogen (secondary N) is 1. The highest BCUT2D eigenvalue weighted by Gasteiger charge is 2.34. The summed E-state index contributed by atoms with van der Waals surface area (Å²) in [7, 11) is 0. The van der Waals surface area contributed by atoms with Crippen LogP contribution >= 0.6 is 0 Å². The molecular weight excluding hydrogens is 227 g/mol. The Morgan fingerprint density at radius 3 is 2.56 bits per heavy atom. The van der Waals surface area contributed by atoms with E-state index in [4.69, 9.17) is 11.1 Å². The number of urea groups is 1. The number of halogens is 3. The molecule has 8 heteroatoms. The Bertz CT molecular complexity index is 399. The van der Waals surface area contributed by atoms with Gasteiger partial charge in [0.05, 0.1) is 12.9 Å². The molecule has 0 atom stereocenters. The molecule has 1 rings (SSSR count). The second kappa shape index (κ2) is 4.25. The van der Waals surface area contributed by atoms with Gasteiger partial charge in [-0.25, -0.2) is 4.79 Å². The molecule has 0 aromatic carbocycles. The van der Waals surface area contributed by atoms with Gasteiger partial charge in [0.25, 0.3) is 0 Å². The Morgan fingerprint density at radius 2 is 2.19 bits per heavy atom. The fourth-order valence-electron chi connectivity index (χ4n) is 0.970. The van der Waals surface area contributed by atoms with E-state index in [1.54, 1.807) is 0 Å². The third-order valence-electron chi connectivity index (χ3n) is 1.71. The van der Waals surface area contributed by atoms with Crippen molar-refractivity contribution in [1.29, 1.82) is 5.41 Å². The SMILES string of the molecule is N=CN(Cc1ccc(C(F)(F)F)o1)C(N)=O. The fourth-order valence-corrected chi connectivity index (χ4v) is 0.970. The molecule has 1 aromatic rings. The zero-order chi connectivity index (χ0) is 12.3. The summed E-state index contributed by atoms with van der Waals surface area (Å²) in [5.41, 5.74) is 4.86. The number of amides is 2. The van der Waals surface area contributed by atoms with E-state index in [-0.39, 0.29) is 12.3 Å². The van der Waals surface area contributed by atoms with E-state index in [0.717, 1.165) is 12.1 Å². The van der Waals surface area contributed by atoms with Crippen LogP contribution in [0.15, 0.2) is 16.5 Å². The molecule has 3 N–H and O–H groups in total. The summed E-state index contributed by atoms with van der Waals surface area (Å²) in [6, 6.07) is 0.876. The van der Waals surface area contributed by atoms with E-state index in [2.05, 4.69) is 4.42 Å². The Balaban J connectivity index is 2.79. The fraction of sp³-hybridized carbons (Fsp3) is 0.250. The van der Waals surface area contributed by atoms with Gasteiger partial charge in [0.1, 0.15) is 5.76 Å². The minimum Gasteiger partial charge on any atom is -0.455 e. The number of furan rings is 1. The van der Waals surface area contributed by atoms with Gasteiger partial charge in [-0.3, -0.25) is 10.3 Å². The number of alkyl halides is 3. The van der Waals surface area contributed by atoms with Gasteiger partial charge in [-0.1, -0.05) is 0 Å². The van der Waals surface area contributed by atoms with Gasteiger partial charge in [-0.05, 0) is 12.1 Å². The second-order valence-corrected chi connectivity index (χ2v) is 2.86. The molecule has 16 heavy (non-hydrogen) atoms. The summed E-state index contributed by atoms with van der Waals surface area (Å²) < 4.78 is 40.9. The maximum Gasteiger partial charge on any atom is 0.449 e. The lowest BCUT2D eigenvalue weighted by molar-refractivity contribution is -0.153. The molecule has 1 heterocycles. The van der Waals surface area contributed by atoms with Crippen LogP contribution in [-0.2, 0) is 12.7 Å². The molecule has 0 unspecified atom stereocenters. The quantitative estimate of drug-likeness (QED) is 0.618. The Morgan fingerprint density at radius 1 is 1.56 bits per heavy atom.